The van der Waals surface area contributed by atoms with Crippen LogP contribution in [0.5, 0.6) is 0 Å². The smallest absolute Gasteiger partial charge is 0.315 e. The average molecular weight is 347 g/mol. The molecule has 0 amide bonds. The lowest BCUT2D eigenvalue weighted by molar-refractivity contribution is -0.147. The maximum atomic E-state index is 12.7. The summed E-state index contributed by atoms with van der Waals surface area (Å²) in [5.41, 5.74) is 3.27. The summed E-state index contributed by atoms with van der Waals surface area (Å²) in [6.07, 6.45) is 2.15. The summed E-state index contributed by atoms with van der Waals surface area (Å²) in [5.74, 6) is -1.06. The maximum absolute atomic E-state index is 12.7. The number of carbonyl (C=O) groups excluding carboxylic acids is 2. The molecule has 24 heavy (non-hydrogen) atoms. The summed E-state index contributed by atoms with van der Waals surface area (Å²) in [5, 5.41) is 3.97. The van der Waals surface area contributed by atoms with Gasteiger partial charge in [-0.3, -0.25) is 14.6 Å². The van der Waals surface area contributed by atoms with E-state index in [1.54, 1.807) is 18.4 Å². The Morgan fingerprint density at radius 2 is 2.21 bits per heavy atom. The largest absolute Gasteiger partial charge is 0.463 e. The summed E-state index contributed by atoms with van der Waals surface area (Å²) in [6.45, 7) is 2.41. The zero-order valence-corrected chi connectivity index (χ0v) is 14.7. The van der Waals surface area contributed by atoms with Gasteiger partial charge in [-0.25, -0.2) is 0 Å². The van der Waals surface area contributed by atoms with Crippen molar-refractivity contribution in [3.63, 3.8) is 0 Å². The van der Waals surface area contributed by atoms with Crippen LogP contribution in [-0.2, 0) is 19.1 Å². The molecule has 5 nitrogen and oxygen atoms in total. The number of Topliss-reactive ketones (excluding diaryl/α,β-unsaturated/α-hetero) is 1. The van der Waals surface area contributed by atoms with Crippen LogP contribution in [0.2, 0.25) is 0 Å². The van der Waals surface area contributed by atoms with Gasteiger partial charge >= 0.3 is 5.97 Å². The summed E-state index contributed by atoms with van der Waals surface area (Å²) >= 11 is 1.56. The van der Waals surface area contributed by atoms with Gasteiger partial charge in [-0.1, -0.05) is 0 Å². The van der Waals surface area contributed by atoms with E-state index < -0.39 is 5.92 Å². The van der Waals surface area contributed by atoms with Crippen LogP contribution in [0.4, 0.5) is 0 Å². The van der Waals surface area contributed by atoms with Crippen molar-refractivity contribution in [2.75, 3.05) is 20.3 Å². The van der Waals surface area contributed by atoms with Crippen molar-refractivity contribution < 1.29 is 19.1 Å². The number of carbonyl (C=O) groups is 2. The molecule has 0 saturated carbocycles. The number of esters is 1. The first-order valence-corrected chi connectivity index (χ1v) is 9.07. The molecule has 0 radical (unpaired) electrons. The number of hydrogen-bond donors (Lipinski definition) is 0. The van der Waals surface area contributed by atoms with Crippen molar-refractivity contribution in [3.8, 4) is 0 Å². The van der Waals surface area contributed by atoms with Gasteiger partial charge in [0.05, 0.1) is 6.61 Å². The molecule has 1 aliphatic heterocycles. The van der Waals surface area contributed by atoms with E-state index >= 15 is 0 Å². The Balaban J connectivity index is 1.98. The lowest BCUT2D eigenvalue weighted by atomic mass is 9.72. The first kappa shape index (κ1) is 17.0. The number of allylic oxidation sites excluding steroid dienone is 2. The van der Waals surface area contributed by atoms with Gasteiger partial charge in [0.2, 0.25) is 0 Å². The molecule has 3 rings (SSSR count). The van der Waals surface area contributed by atoms with Crippen molar-refractivity contribution in [2.24, 2.45) is 10.9 Å². The summed E-state index contributed by atoms with van der Waals surface area (Å²) in [4.78, 5) is 29.8. The predicted octanol–water partition coefficient (Wildman–Crippen LogP) is 3.12. The maximum Gasteiger partial charge on any atom is 0.315 e. The molecular formula is C18H21NO4S. The van der Waals surface area contributed by atoms with E-state index in [1.165, 1.54) is 0 Å². The fourth-order valence-electron chi connectivity index (χ4n) is 3.44. The van der Waals surface area contributed by atoms with E-state index in [1.807, 2.05) is 23.8 Å². The molecule has 2 atom stereocenters. The van der Waals surface area contributed by atoms with Gasteiger partial charge < -0.3 is 9.47 Å². The molecule has 2 aliphatic rings. The second kappa shape index (κ2) is 7.40. The second-order valence-corrected chi connectivity index (χ2v) is 6.84. The third-order valence-electron chi connectivity index (χ3n) is 4.52. The predicted molar refractivity (Wildman–Crippen MR) is 92.4 cm³/mol. The first-order chi connectivity index (χ1) is 11.6. The first-order valence-electron chi connectivity index (χ1n) is 8.12. The standard InChI is InChI=1S/C18H21NO4S/c1-11-15(18(21)23-8-7-22-2)16(12-6-9-24-10-12)17-13(19-11)4-3-5-14(17)20/h6,9-10,15-16H,3-5,7-8H2,1-2H3/t15?,16-/m1/s1. The molecule has 2 heterocycles. The minimum atomic E-state index is -0.544. The van der Waals surface area contributed by atoms with Crippen molar-refractivity contribution in [1.82, 2.24) is 0 Å². The van der Waals surface area contributed by atoms with Gasteiger partial charge in [-0.15, -0.1) is 0 Å². The van der Waals surface area contributed by atoms with Crippen LogP contribution < -0.4 is 0 Å². The highest BCUT2D eigenvalue weighted by Crippen LogP contribution is 2.44. The van der Waals surface area contributed by atoms with Gasteiger partial charge in [0.15, 0.2) is 5.78 Å². The van der Waals surface area contributed by atoms with Gasteiger partial charge in [-0.2, -0.15) is 11.3 Å². The van der Waals surface area contributed by atoms with Crippen molar-refractivity contribution in [3.05, 3.63) is 33.7 Å². The van der Waals surface area contributed by atoms with Crippen molar-refractivity contribution in [1.29, 1.82) is 0 Å². The Hall–Kier alpha value is -1.79. The van der Waals surface area contributed by atoms with Crippen LogP contribution in [0.15, 0.2) is 33.1 Å². The van der Waals surface area contributed by atoms with Crippen molar-refractivity contribution >= 4 is 28.8 Å². The molecule has 1 aliphatic carbocycles. The molecule has 0 aromatic carbocycles. The Kier molecular flexibility index (Phi) is 5.26. The summed E-state index contributed by atoms with van der Waals surface area (Å²) in [6, 6.07) is 1.98. The summed E-state index contributed by atoms with van der Waals surface area (Å²) < 4.78 is 10.3. The second-order valence-electron chi connectivity index (χ2n) is 6.06. The Morgan fingerprint density at radius 1 is 1.38 bits per heavy atom. The van der Waals surface area contributed by atoms with E-state index in [-0.39, 0.29) is 24.3 Å². The molecule has 1 unspecified atom stereocenters. The molecule has 0 saturated heterocycles. The lowest BCUT2D eigenvalue weighted by Gasteiger charge is -2.33. The number of thiophene rings is 1. The minimum absolute atomic E-state index is 0.110. The van der Waals surface area contributed by atoms with E-state index in [4.69, 9.17) is 9.47 Å². The third kappa shape index (κ3) is 3.21. The molecule has 0 bridgehead atoms. The molecule has 0 N–H and O–H groups in total. The Bertz CT molecular complexity index is 690. The van der Waals surface area contributed by atoms with E-state index in [0.717, 1.165) is 29.8 Å². The van der Waals surface area contributed by atoms with Crippen LogP contribution in [-0.4, -0.2) is 37.8 Å². The SMILES string of the molecule is COCCOC(=O)C1C(C)=NC2=C(C(=O)CCC2)[C@@H]1c1ccsc1. The minimum Gasteiger partial charge on any atom is -0.463 e. The number of hydrogen-bond acceptors (Lipinski definition) is 6. The fourth-order valence-corrected chi connectivity index (χ4v) is 4.14. The third-order valence-corrected chi connectivity index (χ3v) is 5.22. The zero-order chi connectivity index (χ0) is 17.1. The molecule has 6 heteroatoms. The highest BCUT2D eigenvalue weighted by atomic mass is 32.1. The van der Waals surface area contributed by atoms with Crippen LogP contribution in [0.25, 0.3) is 0 Å². The van der Waals surface area contributed by atoms with E-state index in [9.17, 15) is 9.59 Å². The summed E-state index contributed by atoms with van der Waals surface area (Å²) in [7, 11) is 1.56. The molecule has 1 aromatic rings. The van der Waals surface area contributed by atoms with Gasteiger partial charge in [0.25, 0.3) is 0 Å². The highest BCUT2D eigenvalue weighted by molar-refractivity contribution is 7.08. The Labute approximate surface area is 145 Å². The monoisotopic (exact) mass is 347 g/mol. The normalized spacial score (nSPS) is 23.8. The molecule has 1 aromatic heterocycles. The van der Waals surface area contributed by atoms with Crippen LogP contribution in [0.1, 0.15) is 37.7 Å². The van der Waals surface area contributed by atoms with Gasteiger partial charge in [0, 0.05) is 36.4 Å². The highest BCUT2D eigenvalue weighted by Gasteiger charge is 2.43. The molecule has 128 valence electrons. The Morgan fingerprint density at radius 3 is 2.92 bits per heavy atom. The van der Waals surface area contributed by atoms with E-state index in [2.05, 4.69) is 4.99 Å². The lowest BCUT2D eigenvalue weighted by Crippen LogP contribution is -2.37. The van der Waals surface area contributed by atoms with Crippen LogP contribution >= 0.6 is 11.3 Å². The number of ketones is 1. The quantitative estimate of drug-likeness (QED) is 0.606. The van der Waals surface area contributed by atoms with Gasteiger partial charge in [-0.05, 0) is 42.2 Å². The van der Waals surface area contributed by atoms with Gasteiger partial charge in [0.1, 0.15) is 12.5 Å². The number of aliphatic imine (C=N–C) groups is 1. The number of ether oxygens (including phenoxy) is 2. The van der Waals surface area contributed by atoms with E-state index in [0.29, 0.717) is 18.6 Å². The number of rotatable bonds is 5. The molecule has 0 fully saturated rings. The van der Waals surface area contributed by atoms with Crippen LogP contribution in [0.3, 0.4) is 0 Å². The average Bonchev–Trinajstić information content (AvgIpc) is 3.08. The number of methoxy groups -OCH3 is 1. The topological polar surface area (TPSA) is 65.0 Å². The van der Waals surface area contributed by atoms with Crippen LogP contribution in [0, 0.1) is 5.92 Å². The molecule has 0 spiro atoms. The zero-order valence-electron chi connectivity index (χ0n) is 13.9. The fraction of sp³-hybridized carbons (Fsp3) is 0.500. The molecular weight excluding hydrogens is 326 g/mol. The number of nitrogens with zero attached hydrogens (tertiary/aromatic N) is 1. The van der Waals surface area contributed by atoms with Crippen molar-refractivity contribution in [2.45, 2.75) is 32.1 Å².